The summed E-state index contributed by atoms with van der Waals surface area (Å²) in [5.41, 5.74) is 1.04. The predicted octanol–water partition coefficient (Wildman–Crippen LogP) is 2.57. The Labute approximate surface area is 112 Å². The highest BCUT2D eigenvalue weighted by Crippen LogP contribution is 2.19. The van der Waals surface area contributed by atoms with Crippen molar-refractivity contribution in [2.24, 2.45) is 0 Å². The van der Waals surface area contributed by atoms with Crippen LogP contribution in [0.2, 0.25) is 10.3 Å². The van der Waals surface area contributed by atoms with Gasteiger partial charge >= 0.3 is 0 Å². The van der Waals surface area contributed by atoms with Gasteiger partial charge in [0.05, 0.1) is 0 Å². The first-order valence-corrected chi connectivity index (χ1v) is 6.59. The first-order chi connectivity index (χ1) is 8.04. The number of halogens is 2. The van der Waals surface area contributed by atoms with Crippen LogP contribution in [0.5, 0.6) is 0 Å². The summed E-state index contributed by atoms with van der Waals surface area (Å²) in [4.78, 5) is 6.46. The molecule has 1 aliphatic heterocycles. The molecule has 5 heteroatoms. The summed E-state index contributed by atoms with van der Waals surface area (Å²) in [5.74, 6) is 0. The number of aromatic nitrogens is 1. The minimum Gasteiger partial charge on any atom is -0.309 e. The fourth-order valence-corrected chi connectivity index (χ4v) is 2.77. The maximum atomic E-state index is 6.08. The maximum absolute atomic E-state index is 6.08. The summed E-state index contributed by atoms with van der Waals surface area (Å²) in [6.07, 6.45) is 0. The van der Waals surface area contributed by atoms with Gasteiger partial charge in [0.15, 0.2) is 0 Å². The fourth-order valence-electron chi connectivity index (χ4n) is 2.37. The van der Waals surface area contributed by atoms with Crippen molar-refractivity contribution in [1.82, 2.24) is 15.2 Å². The van der Waals surface area contributed by atoms with Crippen LogP contribution in [0.1, 0.15) is 19.4 Å². The molecule has 1 fully saturated rings. The number of hydrogen-bond acceptors (Lipinski definition) is 3. The molecule has 0 amide bonds. The first-order valence-electron chi connectivity index (χ1n) is 5.84. The predicted molar refractivity (Wildman–Crippen MR) is 71.6 cm³/mol. The number of nitrogens with zero attached hydrogens (tertiary/aromatic N) is 2. The molecule has 2 rings (SSSR count). The number of rotatable bonds is 2. The summed E-state index contributed by atoms with van der Waals surface area (Å²) >= 11 is 11.9. The van der Waals surface area contributed by atoms with Gasteiger partial charge in [-0.15, -0.1) is 0 Å². The van der Waals surface area contributed by atoms with Gasteiger partial charge in [-0.2, -0.15) is 0 Å². The average molecular weight is 274 g/mol. The molecule has 0 aliphatic carbocycles. The van der Waals surface area contributed by atoms with Crippen LogP contribution in [0.4, 0.5) is 0 Å². The molecule has 1 aromatic heterocycles. The van der Waals surface area contributed by atoms with Gasteiger partial charge in [-0.25, -0.2) is 4.98 Å². The molecule has 0 spiro atoms. The summed E-state index contributed by atoms with van der Waals surface area (Å²) < 4.78 is 0. The normalized spacial score (nSPS) is 26.1. The Bertz CT molecular complexity index is 387. The van der Waals surface area contributed by atoms with E-state index in [-0.39, 0.29) is 0 Å². The molecule has 0 saturated carbocycles. The standard InChI is InChI=1S/C12H17Cl2N3/c1-8-5-17(6-9(2)15-8)7-10-3-4-11(13)16-12(10)14/h3-4,8-9,15H,5-7H2,1-2H3. The van der Waals surface area contributed by atoms with Gasteiger partial charge < -0.3 is 5.32 Å². The SMILES string of the molecule is CC1CN(Cc2ccc(Cl)nc2Cl)CC(C)N1. The lowest BCUT2D eigenvalue weighted by Crippen LogP contribution is -2.53. The summed E-state index contributed by atoms with van der Waals surface area (Å²) in [6.45, 7) is 7.29. The van der Waals surface area contributed by atoms with Crippen LogP contribution in [-0.4, -0.2) is 35.1 Å². The van der Waals surface area contributed by atoms with Gasteiger partial charge in [0.2, 0.25) is 0 Å². The van der Waals surface area contributed by atoms with Crippen molar-refractivity contribution >= 4 is 23.2 Å². The van der Waals surface area contributed by atoms with Crippen molar-refractivity contribution in [1.29, 1.82) is 0 Å². The molecule has 0 bridgehead atoms. The summed E-state index contributed by atoms with van der Waals surface area (Å²) in [6, 6.07) is 4.77. The van der Waals surface area contributed by atoms with E-state index in [9.17, 15) is 0 Å². The maximum Gasteiger partial charge on any atom is 0.135 e. The van der Waals surface area contributed by atoms with Crippen LogP contribution in [-0.2, 0) is 6.54 Å². The Balaban J connectivity index is 2.04. The minimum absolute atomic E-state index is 0.445. The van der Waals surface area contributed by atoms with E-state index in [2.05, 4.69) is 29.0 Å². The number of piperazine rings is 1. The van der Waals surface area contributed by atoms with Crippen molar-refractivity contribution in [2.45, 2.75) is 32.5 Å². The molecule has 3 nitrogen and oxygen atoms in total. The van der Waals surface area contributed by atoms with Crippen molar-refractivity contribution < 1.29 is 0 Å². The zero-order chi connectivity index (χ0) is 12.4. The van der Waals surface area contributed by atoms with E-state index in [1.54, 1.807) is 6.07 Å². The van der Waals surface area contributed by atoms with Crippen LogP contribution in [0.25, 0.3) is 0 Å². The molecular weight excluding hydrogens is 257 g/mol. The topological polar surface area (TPSA) is 28.2 Å². The van der Waals surface area contributed by atoms with E-state index in [1.165, 1.54) is 0 Å². The third-order valence-electron chi connectivity index (χ3n) is 2.92. The minimum atomic E-state index is 0.445. The third kappa shape index (κ3) is 3.55. The van der Waals surface area contributed by atoms with Gasteiger partial charge in [-0.1, -0.05) is 29.3 Å². The van der Waals surface area contributed by atoms with Crippen LogP contribution < -0.4 is 5.32 Å². The van der Waals surface area contributed by atoms with Crippen molar-refractivity contribution in [3.63, 3.8) is 0 Å². The molecule has 0 aromatic carbocycles. The van der Waals surface area contributed by atoms with Crippen LogP contribution in [0, 0.1) is 0 Å². The molecule has 1 saturated heterocycles. The second-order valence-corrected chi connectivity index (χ2v) is 5.49. The molecule has 2 atom stereocenters. The molecule has 2 heterocycles. The Morgan fingerprint density at radius 2 is 1.94 bits per heavy atom. The van der Waals surface area contributed by atoms with Gasteiger partial charge in [-0.3, -0.25) is 4.90 Å². The van der Waals surface area contributed by atoms with Crippen molar-refractivity contribution in [3.05, 3.63) is 28.0 Å². The highest BCUT2D eigenvalue weighted by Gasteiger charge is 2.21. The fraction of sp³-hybridized carbons (Fsp3) is 0.583. The van der Waals surface area contributed by atoms with E-state index < -0.39 is 0 Å². The molecular formula is C12H17Cl2N3. The van der Waals surface area contributed by atoms with Crippen LogP contribution in [0.15, 0.2) is 12.1 Å². The zero-order valence-electron chi connectivity index (χ0n) is 10.1. The molecule has 17 heavy (non-hydrogen) atoms. The van der Waals surface area contributed by atoms with E-state index in [4.69, 9.17) is 23.2 Å². The number of pyridine rings is 1. The van der Waals surface area contributed by atoms with E-state index in [0.29, 0.717) is 22.4 Å². The average Bonchev–Trinajstić information content (AvgIpc) is 2.21. The molecule has 2 unspecified atom stereocenters. The lowest BCUT2D eigenvalue weighted by atomic mass is 10.1. The summed E-state index contributed by atoms with van der Waals surface area (Å²) in [5, 5.41) is 4.46. The van der Waals surface area contributed by atoms with Crippen LogP contribution >= 0.6 is 23.2 Å². The van der Waals surface area contributed by atoms with Crippen molar-refractivity contribution in [2.75, 3.05) is 13.1 Å². The molecule has 94 valence electrons. The Kier molecular flexibility index (Phi) is 4.26. The van der Waals surface area contributed by atoms with Gasteiger partial charge in [0.1, 0.15) is 10.3 Å². The quantitative estimate of drug-likeness (QED) is 0.840. The molecule has 1 N–H and O–H groups in total. The third-order valence-corrected chi connectivity index (χ3v) is 3.46. The largest absolute Gasteiger partial charge is 0.309 e. The lowest BCUT2D eigenvalue weighted by molar-refractivity contribution is 0.166. The Morgan fingerprint density at radius 3 is 2.53 bits per heavy atom. The van der Waals surface area contributed by atoms with Gasteiger partial charge in [0, 0.05) is 37.3 Å². The highest BCUT2D eigenvalue weighted by atomic mass is 35.5. The lowest BCUT2D eigenvalue weighted by Gasteiger charge is -2.36. The zero-order valence-corrected chi connectivity index (χ0v) is 11.6. The summed E-state index contributed by atoms with van der Waals surface area (Å²) in [7, 11) is 0. The Hall–Kier alpha value is -0.350. The van der Waals surface area contributed by atoms with E-state index >= 15 is 0 Å². The first kappa shape index (κ1) is 13.1. The second-order valence-electron chi connectivity index (χ2n) is 4.75. The monoisotopic (exact) mass is 273 g/mol. The van der Waals surface area contributed by atoms with E-state index in [0.717, 1.165) is 25.2 Å². The highest BCUT2D eigenvalue weighted by molar-refractivity contribution is 6.32. The van der Waals surface area contributed by atoms with Crippen LogP contribution in [0.3, 0.4) is 0 Å². The Morgan fingerprint density at radius 1 is 1.29 bits per heavy atom. The number of hydrogen-bond donors (Lipinski definition) is 1. The van der Waals surface area contributed by atoms with Gasteiger partial charge in [-0.05, 0) is 19.9 Å². The number of nitrogens with one attached hydrogen (secondary N) is 1. The van der Waals surface area contributed by atoms with Gasteiger partial charge in [0.25, 0.3) is 0 Å². The second kappa shape index (κ2) is 5.53. The molecule has 1 aromatic rings. The van der Waals surface area contributed by atoms with Crippen molar-refractivity contribution in [3.8, 4) is 0 Å². The smallest absolute Gasteiger partial charge is 0.135 e. The molecule has 1 aliphatic rings. The molecule has 0 radical (unpaired) electrons. The van der Waals surface area contributed by atoms with E-state index in [1.807, 2.05) is 6.07 Å².